The van der Waals surface area contributed by atoms with Crippen molar-refractivity contribution in [1.29, 1.82) is 0 Å². The third-order valence-electron chi connectivity index (χ3n) is 5.29. The highest BCUT2D eigenvalue weighted by Gasteiger charge is 2.34. The summed E-state index contributed by atoms with van der Waals surface area (Å²) in [5.41, 5.74) is -1.26. The highest BCUT2D eigenvalue weighted by molar-refractivity contribution is 7.92. The number of rotatable bonds is 10. The van der Waals surface area contributed by atoms with Crippen molar-refractivity contribution in [3.8, 4) is 0 Å². The van der Waals surface area contributed by atoms with Crippen LogP contribution in [-0.2, 0) is 32.3 Å². The average Bonchev–Trinajstić information content (AvgIpc) is 2.79. The summed E-state index contributed by atoms with van der Waals surface area (Å²) in [5.74, 6) is -1.38. The molecule has 0 unspecified atom stereocenters. The van der Waals surface area contributed by atoms with Gasteiger partial charge in [-0.05, 0) is 49.2 Å². The van der Waals surface area contributed by atoms with Crippen molar-refractivity contribution in [3.05, 3.63) is 62.6 Å². The van der Waals surface area contributed by atoms with Gasteiger partial charge in [0.1, 0.15) is 12.6 Å². The number of benzene rings is 2. The molecule has 2 rings (SSSR count). The molecule has 0 saturated heterocycles. The van der Waals surface area contributed by atoms with E-state index in [1.54, 1.807) is 6.07 Å². The van der Waals surface area contributed by atoms with Crippen molar-refractivity contribution in [2.75, 3.05) is 23.7 Å². The van der Waals surface area contributed by atoms with E-state index in [0.717, 1.165) is 17.2 Å². The van der Waals surface area contributed by atoms with Crippen molar-refractivity contribution >= 4 is 62.3 Å². The minimum absolute atomic E-state index is 0.201. The fourth-order valence-electron chi connectivity index (χ4n) is 3.29. The molecule has 0 bridgehead atoms. The lowest BCUT2D eigenvalue weighted by atomic mass is 10.1. The van der Waals surface area contributed by atoms with E-state index >= 15 is 0 Å². The maximum absolute atomic E-state index is 13.5. The van der Waals surface area contributed by atoms with Crippen LogP contribution in [0.2, 0.25) is 15.1 Å². The first kappa shape index (κ1) is 31.0. The molecule has 1 N–H and O–H groups in total. The summed E-state index contributed by atoms with van der Waals surface area (Å²) < 4.78 is 65.6. The van der Waals surface area contributed by atoms with Gasteiger partial charge in [0.25, 0.3) is 0 Å². The summed E-state index contributed by atoms with van der Waals surface area (Å²) in [5, 5.41) is 2.88. The van der Waals surface area contributed by atoms with Gasteiger partial charge in [0.15, 0.2) is 0 Å². The van der Waals surface area contributed by atoms with Crippen LogP contribution in [-0.4, -0.2) is 50.5 Å². The molecule has 204 valence electrons. The normalized spacial score (nSPS) is 12.7. The van der Waals surface area contributed by atoms with Gasteiger partial charge in [-0.1, -0.05) is 47.8 Å². The largest absolute Gasteiger partial charge is 0.416 e. The van der Waals surface area contributed by atoms with E-state index in [4.69, 9.17) is 34.8 Å². The number of anilines is 1. The predicted octanol–water partition coefficient (Wildman–Crippen LogP) is 5.38. The fourth-order valence-corrected chi connectivity index (χ4v) is 4.88. The first-order valence-corrected chi connectivity index (χ1v) is 13.9. The van der Waals surface area contributed by atoms with Crippen molar-refractivity contribution in [2.24, 2.45) is 0 Å². The Morgan fingerprint density at radius 1 is 1.05 bits per heavy atom. The molecule has 14 heteroatoms. The molecule has 0 aliphatic carbocycles. The van der Waals surface area contributed by atoms with Crippen LogP contribution in [0.4, 0.5) is 18.9 Å². The SMILES string of the molecule is CCCNC(=O)[C@@H](C)N(Cc1ccc(Cl)cc1Cl)C(=O)CN(c1cc(C(F)(F)F)ccc1Cl)S(C)(=O)=O. The number of amides is 2. The molecule has 0 heterocycles. The molecule has 2 aromatic carbocycles. The predicted molar refractivity (Wildman–Crippen MR) is 138 cm³/mol. The number of halogens is 6. The second kappa shape index (κ2) is 12.6. The summed E-state index contributed by atoms with van der Waals surface area (Å²) >= 11 is 18.2. The summed E-state index contributed by atoms with van der Waals surface area (Å²) in [7, 11) is -4.29. The number of hydrogen-bond acceptors (Lipinski definition) is 4. The summed E-state index contributed by atoms with van der Waals surface area (Å²) in [6.45, 7) is 2.49. The summed E-state index contributed by atoms with van der Waals surface area (Å²) in [6.07, 6.45) is -3.42. The highest BCUT2D eigenvalue weighted by Crippen LogP contribution is 2.36. The third-order valence-corrected chi connectivity index (χ3v) is 7.33. The Labute approximate surface area is 228 Å². The van der Waals surface area contributed by atoms with Gasteiger partial charge in [0, 0.05) is 23.1 Å². The summed E-state index contributed by atoms with van der Waals surface area (Å²) in [4.78, 5) is 27.3. The molecule has 0 aliphatic heterocycles. The molecule has 0 spiro atoms. The molecule has 0 aliphatic rings. The highest BCUT2D eigenvalue weighted by atomic mass is 35.5. The number of alkyl halides is 3. The van der Waals surface area contributed by atoms with Gasteiger partial charge in [-0.3, -0.25) is 13.9 Å². The van der Waals surface area contributed by atoms with Gasteiger partial charge >= 0.3 is 6.18 Å². The Morgan fingerprint density at radius 2 is 1.70 bits per heavy atom. The topological polar surface area (TPSA) is 86.8 Å². The van der Waals surface area contributed by atoms with Crippen LogP contribution >= 0.6 is 34.8 Å². The van der Waals surface area contributed by atoms with Gasteiger partial charge in [0.05, 0.1) is 22.5 Å². The van der Waals surface area contributed by atoms with Crippen molar-refractivity contribution < 1.29 is 31.2 Å². The lowest BCUT2D eigenvalue weighted by Gasteiger charge is -2.32. The minimum atomic E-state index is -4.78. The molecule has 0 aromatic heterocycles. The van der Waals surface area contributed by atoms with Crippen LogP contribution in [0.1, 0.15) is 31.4 Å². The molecule has 37 heavy (non-hydrogen) atoms. The quantitative estimate of drug-likeness (QED) is 0.396. The van der Waals surface area contributed by atoms with E-state index in [-0.39, 0.29) is 16.6 Å². The second-order valence-electron chi connectivity index (χ2n) is 8.16. The van der Waals surface area contributed by atoms with Crippen LogP contribution in [0, 0.1) is 0 Å². The first-order chi connectivity index (χ1) is 17.1. The standard InChI is InChI=1S/C23H25Cl3F3N3O4S/c1-4-9-30-22(34)14(2)31(12-15-5-7-17(24)11-19(15)26)21(33)13-32(37(3,35)36)20-10-16(23(27,28)29)6-8-18(20)25/h5-8,10-11,14H,4,9,12-13H2,1-3H3,(H,30,34)/t14-/m1/s1. The number of nitrogens with one attached hydrogen (secondary N) is 1. The molecule has 1 atom stereocenters. The molecular weight excluding hydrogens is 578 g/mol. The van der Waals surface area contributed by atoms with Crippen LogP contribution < -0.4 is 9.62 Å². The maximum atomic E-state index is 13.5. The Balaban J connectivity index is 2.51. The van der Waals surface area contributed by atoms with Crippen LogP contribution in [0.15, 0.2) is 36.4 Å². The van der Waals surface area contributed by atoms with Crippen LogP contribution in [0.5, 0.6) is 0 Å². The minimum Gasteiger partial charge on any atom is -0.354 e. The molecule has 0 fully saturated rings. The van der Waals surface area contributed by atoms with Crippen LogP contribution in [0.25, 0.3) is 0 Å². The molecular formula is C23H25Cl3F3N3O4S. The van der Waals surface area contributed by atoms with Crippen molar-refractivity contribution in [2.45, 2.75) is 39.0 Å². The molecule has 0 saturated carbocycles. The zero-order chi connectivity index (χ0) is 28.1. The van der Waals surface area contributed by atoms with Gasteiger partial charge in [-0.2, -0.15) is 13.2 Å². The molecule has 2 aromatic rings. The zero-order valence-electron chi connectivity index (χ0n) is 20.1. The van der Waals surface area contributed by atoms with Crippen molar-refractivity contribution in [3.63, 3.8) is 0 Å². The van der Waals surface area contributed by atoms with Crippen molar-refractivity contribution in [1.82, 2.24) is 10.2 Å². The van der Waals surface area contributed by atoms with E-state index in [9.17, 15) is 31.2 Å². The summed E-state index contributed by atoms with van der Waals surface area (Å²) in [6, 6.07) is 5.57. The number of nitrogens with zero attached hydrogens (tertiary/aromatic N) is 2. The molecule has 0 radical (unpaired) electrons. The van der Waals surface area contributed by atoms with Crippen LogP contribution in [0.3, 0.4) is 0 Å². The fraction of sp³-hybridized carbons (Fsp3) is 0.391. The van der Waals surface area contributed by atoms with E-state index in [1.807, 2.05) is 6.92 Å². The van der Waals surface area contributed by atoms with Gasteiger partial charge in [0.2, 0.25) is 21.8 Å². The second-order valence-corrected chi connectivity index (χ2v) is 11.3. The molecule has 7 nitrogen and oxygen atoms in total. The Kier molecular flexibility index (Phi) is 10.5. The lowest BCUT2D eigenvalue weighted by molar-refractivity contribution is -0.139. The molecule has 2 amide bonds. The maximum Gasteiger partial charge on any atom is 0.416 e. The number of carbonyl (C=O) groups is 2. The van der Waals surface area contributed by atoms with E-state index in [2.05, 4.69) is 5.32 Å². The smallest absolute Gasteiger partial charge is 0.354 e. The third kappa shape index (κ3) is 8.39. The first-order valence-electron chi connectivity index (χ1n) is 10.9. The lowest BCUT2D eigenvalue weighted by Crippen LogP contribution is -2.51. The van der Waals surface area contributed by atoms with Gasteiger partial charge in [-0.25, -0.2) is 8.42 Å². The Morgan fingerprint density at radius 3 is 2.24 bits per heavy atom. The van der Waals surface area contributed by atoms with Gasteiger partial charge in [-0.15, -0.1) is 0 Å². The Hall–Kier alpha value is -2.21. The van der Waals surface area contributed by atoms with E-state index in [0.29, 0.717) is 40.0 Å². The Bertz CT molecular complexity index is 1260. The number of hydrogen-bond donors (Lipinski definition) is 1. The zero-order valence-corrected chi connectivity index (χ0v) is 23.2. The van der Waals surface area contributed by atoms with Gasteiger partial charge < -0.3 is 10.2 Å². The van der Waals surface area contributed by atoms with E-state index < -0.39 is 51.9 Å². The average molecular weight is 603 g/mol. The number of carbonyl (C=O) groups excluding carboxylic acids is 2. The van der Waals surface area contributed by atoms with E-state index in [1.165, 1.54) is 19.1 Å². The monoisotopic (exact) mass is 601 g/mol. The number of sulfonamides is 1.